The third-order valence-electron chi connectivity index (χ3n) is 4.39. The number of alkyl halides is 3. The molecule has 7 heteroatoms. The fourth-order valence-corrected chi connectivity index (χ4v) is 3.09. The van der Waals surface area contributed by atoms with Crippen LogP contribution in [0, 0.1) is 16.7 Å². The smallest absolute Gasteiger partial charge is 0.287 e. The van der Waals surface area contributed by atoms with Gasteiger partial charge in [-0.3, -0.25) is 10.2 Å². The van der Waals surface area contributed by atoms with Gasteiger partial charge < -0.3 is 0 Å². The number of benzene rings is 2. The molecule has 0 aromatic heterocycles. The van der Waals surface area contributed by atoms with Crippen LogP contribution in [0.3, 0.4) is 0 Å². The number of carbonyl (C=O) groups excluding carboxylic acids is 1. The van der Waals surface area contributed by atoms with E-state index in [1.807, 2.05) is 6.07 Å². The van der Waals surface area contributed by atoms with Crippen molar-refractivity contribution in [2.75, 3.05) is 6.54 Å². The predicted octanol–water partition coefficient (Wildman–Crippen LogP) is 3.69. The number of hydrogen-bond acceptors (Lipinski definition) is 3. The summed E-state index contributed by atoms with van der Waals surface area (Å²) in [7, 11) is 0. The summed E-state index contributed by atoms with van der Waals surface area (Å²) in [5.41, 5.74) is 1.87. The van der Waals surface area contributed by atoms with E-state index in [9.17, 15) is 18.0 Å². The lowest BCUT2D eigenvalue weighted by atomic mass is 9.93. The number of nitriles is 1. The van der Waals surface area contributed by atoms with Crippen molar-refractivity contribution in [2.45, 2.75) is 26.1 Å². The van der Waals surface area contributed by atoms with Gasteiger partial charge in [-0.2, -0.15) is 18.4 Å². The van der Waals surface area contributed by atoms with Crippen molar-refractivity contribution < 1.29 is 18.0 Å². The average molecular weight is 347 g/mol. The van der Waals surface area contributed by atoms with Gasteiger partial charge in [-0.05, 0) is 42.3 Å². The summed E-state index contributed by atoms with van der Waals surface area (Å²) in [4.78, 5) is 11.9. The molecule has 2 aromatic rings. The molecule has 1 heterocycles. The Hall–Kier alpha value is -2.59. The Balaban J connectivity index is 2.08. The van der Waals surface area contributed by atoms with Crippen LogP contribution in [-0.4, -0.2) is 23.6 Å². The van der Waals surface area contributed by atoms with Gasteiger partial charge in [0, 0.05) is 6.54 Å². The van der Waals surface area contributed by atoms with Crippen molar-refractivity contribution in [3.63, 3.8) is 0 Å². The normalized spacial score (nSPS) is 18.8. The van der Waals surface area contributed by atoms with Gasteiger partial charge in [-0.1, -0.05) is 24.3 Å². The summed E-state index contributed by atoms with van der Waals surface area (Å²) in [5, 5.41) is 11.2. The van der Waals surface area contributed by atoms with Gasteiger partial charge in [0.25, 0.3) is 0 Å². The number of carbonyl (C=O) groups is 1. The van der Waals surface area contributed by atoms with Crippen LogP contribution < -0.4 is 5.43 Å². The van der Waals surface area contributed by atoms with E-state index < -0.39 is 23.5 Å². The number of hydrogen-bond donors (Lipinski definition) is 1. The van der Waals surface area contributed by atoms with E-state index in [2.05, 4.69) is 5.43 Å². The lowest BCUT2D eigenvalue weighted by molar-refractivity contribution is -0.191. The SMILES string of the molecule is CC1(C)CN([C@@H](c2ccc3c(C#N)cccc3c2)C(F)(F)F)NC1=O. The maximum absolute atomic E-state index is 13.7. The van der Waals surface area contributed by atoms with E-state index in [1.165, 1.54) is 18.2 Å². The van der Waals surface area contributed by atoms with Crippen LogP contribution in [0.1, 0.15) is 31.0 Å². The highest BCUT2D eigenvalue weighted by Crippen LogP contribution is 2.41. The molecule has 3 rings (SSSR count). The first-order valence-electron chi connectivity index (χ1n) is 7.71. The molecular formula is C18H16F3N3O. The second-order valence-electron chi connectivity index (χ2n) is 6.79. The highest BCUT2D eigenvalue weighted by Gasteiger charge is 2.51. The summed E-state index contributed by atoms with van der Waals surface area (Å²) in [6, 6.07) is 9.30. The van der Waals surface area contributed by atoms with Crippen LogP contribution in [0.15, 0.2) is 36.4 Å². The number of fused-ring (bicyclic) bond motifs is 1. The number of rotatable bonds is 2. The lowest BCUT2D eigenvalue weighted by Crippen LogP contribution is -2.43. The van der Waals surface area contributed by atoms with Crippen LogP contribution in [0.5, 0.6) is 0 Å². The summed E-state index contributed by atoms with van der Waals surface area (Å²) in [6.45, 7) is 3.16. The molecule has 2 aromatic carbocycles. The van der Waals surface area contributed by atoms with Crippen LogP contribution >= 0.6 is 0 Å². The molecule has 1 N–H and O–H groups in total. The van der Waals surface area contributed by atoms with Crippen molar-refractivity contribution in [3.05, 3.63) is 47.5 Å². The topological polar surface area (TPSA) is 56.1 Å². The third kappa shape index (κ3) is 3.05. The van der Waals surface area contributed by atoms with Crippen molar-refractivity contribution in [2.24, 2.45) is 5.41 Å². The minimum atomic E-state index is -4.56. The van der Waals surface area contributed by atoms with E-state index in [4.69, 9.17) is 5.26 Å². The summed E-state index contributed by atoms with van der Waals surface area (Å²) >= 11 is 0. The van der Waals surface area contributed by atoms with Crippen LogP contribution in [0.4, 0.5) is 13.2 Å². The molecule has 1 atom stereocenters. The van der Waals surface area contributed by atoms with Crippen molar-refractivity contribution in [3.8, 4) is 6.07 Å². The first-order chi connectivity index (χ1) is 11.6. The Bertz CT molecular complexity index is 883. The third-order valence-corrected chi connectivity index (χ3v) is 4.39. The molecule has 1 amide bonds. The van der Waals surface area contributed by atoms with Crippen molar-refractivity contribution in [1.82, 2.24) is 10.4 Å². The van der Waals surface area contributed by atoms with E-state index in [0.29, 0.717) is 16.3 Å². The molecule has 1 aliphatic heterocycles. The molecule has 1 saturated heterocycles. The number of nitrogens with zero attached hydrogens (tertiary/aromatic N) is 2. The summed E-state index contributed by atoms with van der Waals surface area (Å²) in [6.07, 6.45) is -4.56. The molecule has 25 heavy (non-hydrogen) atoms. The van der Waals surface area contributed by atoms with Crippen molar-refractivity contribution in [1.29, 1.82) is 5.26 Å². The quantitative estimate of drug-likeness (QED) is 0.901. The molecule has 1 aliphatic rings. The highest BCUT2D eigenvalue weighted by atomic mass is 19.4. The van der Waals surface area contributed by atoms with Gasteiger partial charge in [0.15, 0.2) is 0 Å². The van der Waals surface area contributed by atoms with Gasteiger partial charge in [-0.25, -0.2) is 5.01 Å². The maximum atomic E-state index is 13.7. The zero-order valence-corrected chi connectivity index (χ0v) is 13.7. The fourth-order valence-electron chi connectivity index (χ4n) is 3.09. The highest BCUT2D eigenvalue weighted by molar-refractivity contribution is 5.88. The predicted molar refractivity (Wildman–Crippen MR) is 86.1 cm³/mol. The Morgan fingerprint density at radius 2 is 2.00 bits per heavy atom. The van der Waals surface area contributed by atoms with Crippen LogP contribution in [0.25, 0.3) is 10.8 Å². The summed E-state index contributed by atoms with van der Waals surface area (Å²) < 4.78 is 41.2. The second-order valence-corrected chi connectivity index (χ2v) is 6.79. The molecule has 4 nitrogen and oxygen atoms in total. The van der Waals surface area contributed by atoms with Gasteiger partial charge in [0.05, 0.1) is 17.0 Å². The number of hydrazine groups is 1. The minimum absolute atomic E-state index is 0.0214. The number of amides is 1. The Morgan fingerprint density at radius 3 is 2.56 bits per heavy atom. The van der Waals surface area contributed by atoms with E-state index >= 15 is 0 Å². The molecule has 0 aliphatic carbocycles. The zero-order valence-electron chi connectivity index (χ0n) is 13.7. The molecule has 130 valence electrons. The van der Waals surface area contributed by atoms with E-state index in [1.54, 1.807) is 32.0 Å². The first kappa shape index (κ1) is 17.2. The Kier molecular flexibility index (Phi) is 3.96. The molecule has 0 radical (unpaired) electrons. The standard InChI is InChI=1S/C18H16F3N3O/c1-17(2)10-24(23-16(17)25)15(18(19,20)21)12-6-7-14-11(8-12)4-3-5-13(14)9-22/h3-8,15H,10H2,1-2H3,(H,23,25)/t15-/m0/s1. The van der Waals surface area contributed by atoms with Gasteiger partial charge in [-0.15, -0.1) is 0 Å². The second kappa shape index (κ2) is 5.74. The molecule has 0 spiro atoms. The zero-order chi connectivity index (χ0) is 18.4. The maximum Gasteiger partial charge on any atom is 0.409 e. The monoisotopic (exact) mass is 347 g/mol. The average Bonchev–Trinajstić information content (AvgIpc) is 2.78. The molecular weight excluding hydrogens is 331 g/mol. The lowest BCUT2D eigenvalue weighted by Gasteiger charge is -2.30. The Morgan fingerprint density at radius 1 is 1.28 bits per heavy atom. The van der Waals surface area contributed by atoms with E-state index in [0.717, 1.165) is 5.01 Å². The van der Waals surface area contributed by atoms with E-state index in [-0.39, 0.29) is 12.1 Å². The summed E-state index contributed by atoms with van der Waals surface area (Å²) in [5.74, 6) is -0.436. The van der Waals surface area contributed by atoms with Crippen LogP contribution in [0.2, 0.25) is 0 Å². The first-order valence-corrected chi connectivity index (χ1v) is 7.71. The van der Waals surface area contributed by atoms with Crippen molar-refractivity contribution >= 4 is 16.7 Å². The molecule has 0 bridgehead atoms. The Labute approximate surface area is 142 Å². The number of halogens is 3. The van der Waals surface area contributed by atoms with Gasteiger partial charge in [0.1, 0.15) is 6.04 Å². The van der Waals surface area contributed by atoms with Gasteiger partial charge in [0.2, 0.25) is 5.91 Å². The largest absolute Gasteiger partial charge is 0.409 e. The van der Waals surface area contributed by atoms with Gasteiger partial charge >= 0.3 is 6.18 Å². The minimum Gasteiger partial charge on any atom is -0.287 e. The number of nitrogens with one attached hydrogen (secondary N) is 1. The molecule has 1 fully saturated rings. The fraction of sp³-hybridized carbons (Fsp3) is 0.333. The van der Waals surface area contributed by atoms with Crippen LogP contribution in [-0.2, 0) is 4.79 Å². The molecule has 0 unspecified atom stereocenters. The molecule has 0 saturated carbocycles.